The van der Waals surface area contributed by atoms with Gasteiger partial charge in [-0.05, 0) is 66.1 Å². The van der Waals surface area contributed by atoms with E-state index in [1.165, 1.54) is 11.8 Å². The second-order valence-corrected chi connectivity index (χ2v) is 12.3. The van der Waals surface area contributed by atoms with Gasteiger partial charge in [0, 0.05) is 47.4 Å². The van der Waals surface area contributed by atoms with Crippen molar-refractivity contribution in [1.29, 1.82) is 0 Å². The third-order valence-electron chi connectivity index (χ3n) is 7.00. The third-order valence-corrected chi connectivity index (χ3v) is 8.95. The maximum Gasteiger partial charge on any atom is 0.335 e. The molecule has 2 aliphatic heterocycles. The fraction of sp³-hybridized carbons (Fsp3) is 0.258. The van der Waals surface area contributed by atoms with E-state index in [-0.39, 0.29) is 11.5 Å². The number of carboxylic acid groups (broad SMARTS) is 1. The fourth-order valence-electron chi connectivity index (χ4n) is 4.68. The van der Waals surface area contributed by atoms with E-state index in [0.717, 1.165) is 55.1 Å². The molecular weight excluding hydrogens is 615 g/mol. The predicted molar refractivity (Wildman–Crippen MR) is 172 cm³/mol. The molecule has 0 bridgehead atoms. The first-order chi connectivity index (χ1) is 20.3. The molecule has 1 N–H and O–H groups in total. The summed E-state index contributed by atoms with van der Waals surface area (Å²) in [7, 11) is 0. The first-order valence-corrected chi connectivity index (χ1v) is 15.4. The molecule has 0 radical (unpaired) electrons. The number of thiocarbonyl (C=S) groups is 1. The highest BCUT2D eigenvalue weighted by Gasteiger charge is 2.32. The van der Waals surface area contributed by atoms with E-state index in [1.807, 2.05) is 30.3 Å². The molecule has 0 aromatic heterocycles. The summed E-state index contributed by atoms with van der Waals surface area (Å²) >= 11 is 19.6. The number of rotatable bonds is 10. The number of carbonyl (C=O) groups is 2. The molecule has 0 atom stereocenters. The highest BCUT2D eigenvalue weighted by Crippen LogP contribution is 2.37. The van der Waals surface area contributed by atoms with Crippen LogP contribution in [0.25, 0.3) is 17.2 Å². The lowest BCUT2D eigenvalue weighted by atomic mass is 10.0. The van der Waals surface area contributed by atoms with Crippen LogP contribution in [0.15, 0.2) is 65.6 Å². The van der Waals surface area contributed by atoms with Crippen LogP contribution in [0.4, 0.5) is 0 Å². The Hall–Kier alpha value is -2.92. The lowest BCUT2D eigenvalue weighted by molar-refractivity contribution is -0.122. The number of carbonyl (C=O) groups excluding carboxylic acids is 1. The average Bonchev–Trinajstić information content (AvgIpc) is 3.25. The van der Waals surface area contributed by atoms with Crippen LogP contribution in [0.1, 0.15) is 21.5 Å². The summed E-state index contributed by atoms with van der Waals surface area (Å²) in [5.74, 6) is -0.513. The summed E-state index contributed by atoms with van der Waals surface area (Å²) in [6.07, 6.45) is 2.35. The van der Waals surface area contributed by atoms with E-state index < -0.39 is 5.97 Å². The molecule has 5 rings (SSSR count). The van der Waals surface area contributed by atoms with Gasteiger partial charge in [0.05, 0.1) is 23.7 Å². The molecule has 7 nitrogen and oxygen atoms in total. The van der Waals surface area contributed by atoms with Gasteiger partial charge in [-0.2, -0.15) is 0 Å². The van der Waals surface area contributed by atoms with Crippen LogP contribution < -0.4 is 4.74 Å². The molecule has 2 saturated heterocycles. The van der Waals surface area contributed by atoms with Gasteiger partial charge in [-0.3, -0.25) is 14.6 Å². The van der Waals surface area contributed by atoms with E-state index >= 15 is 0 Å². The van der Waals surface area contributed by atoms with Crippen LogP contribution in [-0.2, 0) is 16.0 Å². The molecular formula is C31H28Cl2N2O5S2. The molecule has 1 amide bonds. The number of ether oxygens (including phenoxy) is 2. The number of morpholine rings is 1. The highest BCUT2D eigenvalue weighted by molar-refractivity contribution is 8.26. The molecule has 0 saturated carbocycles. The second kappa shape index (κ2) is 14.0. The lowest BCUT2D eigenvalue weighted by Gasteiger charge is -2.26. The van der Waals surface area contributed by atoms with E-state index in [1.54, 1.807) is 41.3 Å². The van der Waals surface area contributed by atoms with Crippen molar-refractivity contribution in [2.75, 3.05) is 46.0 Å². The number of thioether (sulfide) groups is 1. The maximum absolute atomic E-state index is 13.4. The summed E-state index contributed by atoms with van der Waals surface area (Å²) in [5, 5.41) is 10.3. The zero-order chi connectivity index (χ0) is 29.6. The Kier molecular flexibility index (Phi) is 10.2. The van der Waals surface area contributed by atoms with Crippen LogP contribution in [0.2, 0.25) is 10.0 Å². The van der Waals surface area contributed by atoms with Crippen molar-refractivity contribution >= 4 is 69.5 Å². The number of nitrogens with zero attached hydrogens (tertiary/aromatic N) is 2. The van der Waals surface area contributed by atoms with Gasteiger partial charge in [0.2, 0.25) is 0 Å². The Balaban J connectivity index is 1.36. The van der Waals surface area contributed by atoms with Crippen molar-refractivity contribution in [2.24, 2.45) is 0 Å². The van der Waals surface area contributed by atoms with Crippen LogP contribution in [0, 0.1) is 0 Å². The number of hydrogen-bond acceptors (Lipinski definition) is 7. The van der Waals surface area contributed by atoms with Crippen molar-refractivity contribution in [3.05, 3.63) is 92.3 Å². The van der Waals surface area contributed by atoms with Gasteiger partial charge in [0.15, 0.2) is 0 Å². The Morgan fingerprint density at radius 1 is 1.05 bits per heavy atom. The van der Waals surface area contributed by atoms with E-state index in [9.17, 15) is 9.59 Å². The SMILES string of the molecule is O=C(O)c1ccc(CCN2C(=O)C(=Cc3cc(-c4cc(Cl)ccc4Cl)ccc3OCCN3CCOCC3)SC2=S)cc1. The molecule has 218 valence electrons. The minimum Gasteiger partial charge on any atom is -0.492 e. The molecule has 42 heavy (non-hydrogen) atoms. The molecule has 3 aromatic carbocycles. The summed E-state index contributed by atoms with van der Waals surface area (Å²) < 4.78 is 12.1. The first-order valence-electron chi connectivity index (χ1n) is 13.4. The highest BCUT2D eigenvalue weighted by atomic mass is 35.5. The molecule has 2 fully saturated rings. The largest absolute Gasteiger partial charge is 0.492 e. The van der Waals surface area contributed by atoms with Gasteiger partial charge < -0.3 is 14.6 Å². The minimum absolute atomic E-state index is 0.183. The fourth-order valence-corrected chi connectivity index (χ4v) is 6.38. The smallest absolute Gasteiger partial charge is 0.335 e. The summed E-state index contributed by atoms with van der Waals surface area (Å²) in [6, 6.07) is 17.7. The Morgan fingerprint density at radius 2 is 1.81 bits per heavy atom. The molecule has 11 heteroatoms. The normalized spacial score (nSPS) is 16.8. The molecule has 0 aliphatic carbocycles. The van der Waals surface area contributed by atoms with Crippen molar-refractivity contribution in [2.45, 2.75) is 6.42 Å². The maximum atomic E-state index is 13.4. The van der Waals surface area contributed by atoms with Gasteiger partial charge in [0.25, 0.3) is 5.91 Å². The standard InChI is InChI=1S/C31H28Cl2N2O5S2/c32-24-6-7-26(33)25(19-24)22-5-8-27(40-16-13-34-11-14-39-15-12-34)23(17-22)18-28-29(36)35(31(41)42-28)10-9-20-1-3-21(4-2-20)30(37)38/h1-8,17-19H,9-16H2,(H,37,38). The number of aromatic carboxylic acids is 1. The Bertz CT molecular complexity index is 1520. The topological polar surface area (TPSA) is 79.3 Å². The summed E-state index contributed by atoms with van der Waals surface area (Å²) in [4.78, 5) is 28.9. The first kappa shape index (κ1) is 30.5. The van der Waals surface area contributed by atoms with Crippen LogP contribution in [0.3, 0.4) is 0 Å². The monoisotopic (exact) mass is 642 g/mol. The van der Waals surface area contributed by atoms with E-state index in [2.05, 4.69) is 4.90 Å². The quantitative estimate of drug-likeness (QED) is 0.198. The molecule has 2 heterocycles. The summed E-state index contributed by atoms with van der Waals surface area (Å²) in [5.41, 5.74) is 3.49. The Labute approximate surface area is 264 Å². The van der Waals surface area contributed by atoms with Gasteiger partial charge in [-0.1, -0.05) is 65.4 Å². The van der Waals surface area contributed by atoms with Crippen molar-refractivity contribution < 1.29 is 24.2 Å². The Morgan fingerprint density at radius 3 is 2.55 bits per heavy atom. The summed E-state index contributed by atoms with van der Waals surface area (Å²) in [6.45, 7) is 4.81. The predicted octanol–water partition coefficient (Wildman–Crippen LogP) is 6.51. The second-order valence-electron chi connectivity index (χ2n) is 9.76. The van der Waals surface area contributed by atoms with E-state index in [4.69, 9.17) is 50.0 Å². The number of hydrogen-bond donors (Lipinski definition) is 1. The third kappa shape index (κ3) is 7.53. The van der Waals surface area contributed by atoms with Crippen molar-refractivity contribution in [1.82, 2.24) is 9.80 Å². The number of carboxylic acids is 1. The molecule has 3 aromatic rings. The van der Waals surface area contributed by atoms with Gasteiger partial charge in [-0.25, -0.2) is 4.79 Å². The zero-order valence-corrected chi connectivity index (χ0v) is 25.7. The van der Waals surface area contributed by atoms with Crippen LogP contribution in [0.5, 0.6) is 5.75 Å². The number of amides is 1. The van der Waals surface area contributed by atoms with Gasteiger partial charge in [-0.15, -0.1) is 0 Å². The van der Waals surface area contributed by atoms with Gasteiger partial charge >= 0.3 is 5.97 Å². The van der Waals surface area contributed by atoms with Crippen LogP contribution >= 0.6 is 47.2 Å². The number of benzene rings is 3. The van der Waals surface area contributed by atoms with Crippen molar-refractivity contribution in [3.8, 4) is 16.9 Å². The van der Waals surface area contributed by atoms with Crippen molar-refractivity contribution in [3.63, 3.8) is 0 Å². The zero-order valence-electron chi connectivity index (χ0n) is 22.6. The lowest BCUT2D eigenvalue weighted by Crippen LogP contribution is -2.38. The number of halogens is 2. The molecule has 2 aliphatic rings. The molecule has 0 spiro atoms. The minimum atomic E-state index is -0.977. The van der Waals surface area contributed by atoms with Crippen LogP contribution in [-0.4, -0.2) is 77.1 Å². The average molecular weight is 644 g/mol. The van der Waals surface area contributed by atoms with Gasteiger partial charge in [0.1, 0.15) is 16.7 Å². The van der Waals surface area contributed by atoms with E-state index in [0.29, 0.717) is 44.6 Å². The molecule has 0 unspecified atom stereocenters.